The first-order valence-electron chi connectivity index (χ1n) is 5.49. The van der Waals surface area contributed by atoms with Crippen molar-refractivity contribution < 1.29 is 9.72 Å². The van der Waals surface area contributed by atoms with Gasteiger partial charge in [0.2, 0.25) is 0 Å². The standard InChI is InChI=1S/C11H16N4O3.ClH/c1-7(12)4-5-14-11(16)8-2-3-9(13)10(6-8)15(17)18;/h2-3,6-7H,4-5,12-13H2,1H3,(H,14,16);1H. The smallest absolute Gasteiger partial charge is 0.292 e. The topological polar surface area (TPSA) is 124 Å². The summed E-state index contributed by atoms with van der Waals surface area (Å²) in [5, 5.41) is 13.3. The van der Waals surface area contributed by atoms with Crippen molar-refractivity contribution in [2.75, 3.05) is 12.3 Å². The molecule has 0 heterocycles. The summed E-state index contributed by atoms with van der Waals surface area (Å²) in [5.74, 6) is -0.376. The van der Waals surface area contributed by atoms with Crippen LogP contribution in [-0.2, 0) is 0 Å². The van der Waals surface area contributed by atoms with Gasteiger partial charge in [0, 0.05) is 24.2 Å². The van der Waals surface area contributed by atoms with E-state index in [1.807, 2.05) is 6.92 Å². The van der Waals surface area contributed by atoms with E-state index in [4.69, 9.17) is 11.5 Å². The molecule has 0 aromatic heterocycles. The fourth-order valence-corrected chi connectivity index (χ4v) is 1.36. The van der Waals surface area contributed by atoms with Gasteiger partial charge >= 0.3 is 0 Å². The second-order valence-corrected chi connectivity index (χ2v) is 4.05. The number of nitrogen functional groups attached to an aromatic ring is 1. The van der Waals surface area contributed by atoms with E-state index < -0.39 is 4.92 Å². The fourth-order valence-electron chi connectivity index (χ4n) is 1.36. The second kappa shape index (κ2) is 7.55. The number of anilines is 1. The third-order valence-corrected chi connectivity index (χ3v) is 2.37. The summed E-state index contributed by atoms with van der Waals surface area (Å²) in [6.07, 6.45) is 0.642. The van der Waals surface area contributed by atoms with E-state index in [9.17, 15) is 14.9 Å². The van der Waals surface area contributed by atoms with Crippen LogP contribution < -0.4 is 16.8 Å². The summed E-state index contributed by atoms with van der Waals surface area (Å²) < 4.78 is 0. The molecule has 106 valence electrons. The highest BCUT2D eigenvalue weighted by Crippen LogP contribution is 2.22. The number of amides is 1. The van der Waals surface area contributed by atoms with Gasteiger partial charge in [-0.3, -0.25) is 14.9 Å². The zero-order valence-corrected chi connectivity index (χ0v) is 11.3. The largest absolute Gasteiger partial charge is 0.393 e. The molecule has 1 atom stereocenters. The van der Waals surface area contributed by atoms with Crippen LogP contribution in [0.15, 0.2) is 18.2 Å². The first-order chi connectivity index (χ1) is 8.41. The number of nitrogens with one attached hydrogen (secondary N) is 1. The van der Waals surface area contributed by atoms with Gasteiger partial charge in [0.05, 0.1) is 4.92 Å². The number of nitrogens with two attached hydrogens (primary N) is 2. The highest BCUT2D eigenvalue weighted by atomic mass is 35.5. The third-order valence-electron chi connectivity index (χ3n) is 2.37. The minimum Gasteiger partial charge on any atom is -0.393 e. The number of benzene rings is 1. The number of nitro benzene ring substituents is 1. The molecule has 0 spiro atoms. The predicted molar refractivity (Wildman–Crippen MR) is 75.4 cm³/mol. The van der Waals surface area contributed by atoms with E-state index >= 15 is 0 Å². The minimum absolute atomic E-state index is 0. The van der Waals surface area contributed by atoms with Gasteiger partial charge in [0.25, 0.3) is 11.6 Å². The van der Waals surface area contributed by atoms with Crippen LogP contribution in [0.1, 0.15) is 23.7 Å². The van der Waals surface area contributed by atoms with Crippen LogP contribution in [0.2, 0.25) is 0 Å². The van der Waals surface area contributed by atoms with E-state index in [0.29, 0.717) is 13.0 Å². The Morgan fingerprint density at radius 1 is 1.53 bits per heavy atom. The molecule has 0 saturated carbocycles. The summed E-state index contributed by atoms with van der Waals surface area (Å²) in [5.41, 5.74) is 11.0. The normalized spacial score (nSPS) is 11.3. The molecule has 0 fully saturated rings. The third kappa shape index (κ3) is 5.11. The molecule has 1 aromatic rings. The maximum absolute atomic E-state index is 11.7. The maximum atomic E-state index is 11.7. The number of rotatable bonds is 5. The fraction of sp³-hybridized carbons (Fsp3) is 0.364. The Balaban J connectivity index is 0.00000324. The maximum Gasteiger partial charge on any atom is 0.292 e. The lowest BCUT2D eigenvalue weighted by Gasteiger charge is -2.07. The zero-order chi connectivity index (χ0) is 13.7. The van der Waals surface area contributed by atoms with Crippen molar-refractivity contribution in [3.05, 3.63) is 33.9 Å². The number of halogens is 1. The molecule has 0 aliphatic rings. The van der Waals surface area contributed by atoms with E-state index in [1.54, 1.807) is 0 Å². The van der Waals surface area contributed by atoms with Crippen molar-refractivity contribution in [2.24, 2.45) is 5.73 Å². The van der Waals surface area contributed by atoms with Crippen LogP contribution >= 0.6 is 12.4 Å². The van der Waals surface area contributed by atoms with Crippen LogP contribution in [0.25, 0.3) is 0 Å². The van der Waals surface area contributed by atoms with Crippen LogP contribution in [0.4, 0.5) is 11.4 Å². The van der Waals surface area contributed by atoms with Gasteiger partial charge in [0.1, 0.15) is 5.69 Å². The van der Waals surface area contributed by atoms with Gasteiger partial charge in [-0.25, -0.2) is 0 Å². The van der Waals surface area contributed by atoms with Crippen molar-refractivity contribution in [1.82, 2.24) is 5.32 Å². The first-order valence-corrected chi connectivity index (χ1v) is 5.49. The number of carbonyl (C=O) groups is 1. The highest BCUT2D eigenvalue weighted by Gasteiger charge is 2.15. The summed E-state index contributed by atoms with van der Waals surface area (Å²) >= 11 is 0. The SMILES string of the molecule is CC(N)CCNC(=O)c1ccc(N)c([N+](=O)[O-])c1.Cl. The lowest BCUT2D eigenvalue weighted by atomic mass is 10.1. The summed E-state index contributed by atoms with van der Waals surface area (Å²) in [4.78, 5) is 21.8. The first kappa shape index (κ1) is 17.1. The van der Waals surface area contributed by atoms with Crippen LogP contribution in [0.5, 0.6) is 0 Å². The zero-order valence-electron chi connectivity index (χ0n) is 10.5. The average Bonchev–Trinajstić information content (AvgIpc) is 2.28. The second-order valence-electron chi connectivity index (χ2n) is 4.05. The van der Waals surface area contributed by atoms with Gasteiger partial charge in [-0.05, 0) is 25.5 Å². The highest BCUT2D eigenvalue weighted by molar-refractivity contribution is 5.95. The molecule has 0 aliphatic carbocycles. The van der Waals surface area contributed by atoms with Crippen LogP contribution in [-0.4, -0.2) is 23.4 Å². The monoisotopic (exact) mass is 288 g/mol. The van der Waals surface area contributed by atoms with Crippen molar-refractivity contribution >= 4 is 29.7 Å². The van der Waals surface area contributed by atoms with E-state index in [1.165, 1.54) is 12.1 Å². The number of hydrogen-bond donors (Lipinski definition) is 3. The average molecular weight is 289 g/mol. The Kier molecular flexibility index (Phi) is 6.81. The van der Waals surface area contributed by atoms with E-state index in [0.717, 1.165) is 6.07 Å². The van der Waals surface area contributed by atoms with Crippen molar-refractivity contribution in [3.8, 4) is 0 Å². The summed E-state index contributed by atoms with van der Waals surface area (Å²) in [7, 11) is 0. The molecule has 8 heteroatoms. The Hall–Kier alpha value is -1.86. The lowest BCUT2D eigenvalue weighted by molar-refractivity contribution is -0.383. The predicted octanol–water partition coefficient (Wildman–Crippen LogP) is 1.07. The number of nitrogens with zero attached hydrogens (tertiary/aromatic N) is 1. The molecule has 0 radical (unpaired) electrons. The van der Waals surface area contributed by atoms with Crippen molar-refractivity contribution in [1.29, 1.82) is 0 Å². The molecule has 7 nitrogen and oxygen atoms in total. The molecule has 19 heavy (non-hydrogen) atoms. The Labute approximate surface area is 116 Å². The molecule has 0 bridgehead atoms. The molecular weight excluding hydrogens is 272 g/mol. The molecule has 0 aliphatic heterocycles. The van der Waals surface area contributed by atoms with Crippen LogP contribution in [0, 0.1) is 10.1 Å². The van der Waals surface area contributed by atoms with Gasteiger partial charge < -0.3 is 16.8 Å². The summed E-state index contributed by atoms with van der Waals surface area (Å²) in [6, 6.07) is 3.95. The van der Waals surface area contributed by atoms with Crippen LogP contribution in [0.3, 0.4) is 0 Å². The molecule has 1 aromatic carbocycles. The van der Waals surface area contributed by atoms with Gasteiger partial charge in [-0.15, -0.1) is 12.4 Å². The minimum atomic E-state index is -0.617. The number of carbonyl (C=O) groups excluding carboxylic acids is 1. The van der Waals surface area contributed by atoms with Gasteiger partial charge in [0.15, 0.2) is 0 Å². The summed E-state index contributed by atoms with van der Waals surface area (Å²) in [6.45, 7) is 2.26. The van der Waals surface area contributed by atoms with Gasteiger partial charge in [-0.2, -0.15) is 0 Å². The molecular formula is C11H17ClN4O3. The Bertz CT molecular complexity index is 465. The lowest BCUT2D eigenvalue weighted by Crippen LogP contribution is -2.29. The van der Waals surface area contributed by atoms with Crippen molar-refractivity contribution in [2.45, 2.75) is 19.4 Å². The van der Waals surface area contributed by atoms with Gasteiger partial charge in [-0.1, -0.05) is 0 Å². The molecule has 1 unspecified atom stereocenters. The molecule has 5 N–H and O–H groups in total. The Morgan fingerprint density at radius 3 is 2.68 bits per heavy atom. The number of hydrogen-bond acceptors (Lipinski definition) is 5. The Morgan fingerprint density at radius 2 is 2.16 bits per heavy atom. The van der Waals surface area contributed by atoms with E-state index in [2.05, 4.69) is 5.32 Å². The molecule has 0 saturated heterocycles. The molecule has 1 amide bonds. The molecule has 1 rings (SSSR count). The quantitative estimate of drug-likeness (QED) is 0.424. The van der Waals surface area contributed by atoms with E-state index in [-0.39, 0.29) is 41.3 Å². The number of nitro groups is 1. The van der Waals surface area contributed by atoms with Crippen molar-refractivity contribution in [3.63, 3.8) is 0 Å².